The third kappa shape index (κ3) is 2.39. The fraction of sp³-hybridized carbons (Fsp3) is 0.0526. The minimum atomic E-state index is 0.499. The van der Waals surface area contributed by atoms with Gasteiger partial charge in [0.05, 0.1) is 5.69 Å². The van der Waals surface area contributed by atoms with Crippen molar-refractivity contribution in [3.63, 3.8) is 0 Å². The molecule has 0 radical (unpaired) electrons. The van der Waals surface area contributed by atoms with Gasteiger partial charge < -0.3 is 4.74 Å². The molecular formula is C19H13ClN2O. The molecular weight excluding hydrogens is 308 g/mol. The van der Waals surface area contributed by atoms with Crippen molar-refractivity contribution in [1.82, 2.24) is 10.2 Å². The van der Waals surface area contributed by atoms with E-state index >= 15 is 0 Å². The lowest BCUT2D eigenvalue weighted by atomic mass is 10.1. The molecule has 3 nitrogen and oxygen atoms in total. The van der Waals surface area contributed by atoms with Gasteiger partial charge in [0.15, 0.2) is 0 Å². The fourth-order valence-electron chi connectivity index (χ4n) is 2.72. The lowest BCUT2D eigenvalue weighted by Gasteiger charge is -2.11. The maximum atomic E-state index is 6.26. The van der Waals surface area contributed by atoms with Crippen molar-refractivity contribution >= 4 is 33.1 Å². The molecule has 23 heavy (non-hydrogen) atoms. The van der Waals surface area contributed by atoms with Gasteiger partial charge in [-0.3, -0.25) is 0 Å². The van der Waals surface area contributed by atoms with Gasteiger partial charge in [0.25, 0.3) is 0 Å². The Bertz CT molecular complexity index is 947. The van der Waals surface area contributed by atoms with Crippen molar-refractivity contribution in [3.8, 4) is 11.6 Å². The number of benzene rings is 3. The van der Waals surface area contributed by atoms with Crippen LogP contribution in [0.3, 0.4) is 0 Å². The molecule has 1 heterocycles. The fourth-order valence-corrected chi connectivity index (χ4v) is 2.94. The van der Waals surface area contributed by atoms with Gasteiger partial charge in [-0.05, 0) is 25.1 Å². The summed E-state index contributed by atoms with van der Waals surface area (Å²) in [5.41, 5.74) is 0.883. The molecule has 4 aromatic rings. The third-order valence-electron chi connectivity index (χ3n) is 3.88. The molecule has 4 heteroatoms. The molecule has 0 N–H and O–H groups in total. The van der Waals surface area contributed by atoms with E-state index in [-0.39, 0.29) is 0 Å². The second kappa shape index (κ2) is 5.52. The molecule has 0 aliphatic carbocycles. The Morgan fingerprint density at radius 3 is 2.17 bits per heavy atom. The van der Waals surface area contributed by atoms with E-state index in [1.54, 1.807) is 0 Å². The summed E-state index contributed by atoms with van der Waals surface area (Å²) >= 11 is 6.26. The number of halogens is 1. The summed E-state index contributed by atoms with van der Waals surface area (Å²) in [4.78, 5) is 0. The van der Waals surface area contributed by atoms with Gasteiger partial charge >= 0.3 is 0 Å². The first-order valence-corrected chi connectivity index (χ1v) is 7.69. The van der Waals surface area contributed by atoms with Crippen LogP contribution in [0.1, 0.15) is 5.69 Å². The van der Waals surface area contributed by atoms with Gasteiger partial charge in [-0.1, -0.05) is 54.1 Å². The molecule has 0 atom stereocenters. The summed E-state index contributed by atoms with van der Waals surface area (Å²) in [6.45, 7) is 1.94. The second-order valence-corrected chi connectivity index (χ2v) is 5.74. The highest BCUT2D eigenvalue weighted by Gasteiger charge is 2.11. The molecule has 0 saturated carbocycles. The maximum absolute atomic E-state index is 6.26. The first-order chi connectivity index (χ1) is 11.2. The zero-order chi connectivity index (χ0) is 15.8. The zero-order valence-corrected chi connectivity index (χ0v) is 13.2. The molecule has 112 valence electrons. The first-order valence-electron chi connectivity index (χ1n) is 7.31. The highest BCUT2D eigenvalue weighted by Crippen LogP contribution is 2.35. The van der Waals surface area contributed by atoms with Gasteiger partial charge in [0.1, 0.15) is 5.75 Å². The topological polar surface area (TPSA) is 35.0 Å². The zero-order valence-electron chi connectivity index (χ0n) is 12.5. The van der Waals surface area contributed by atoms with E-state index in [4.69, 9.17) is 16.3 Å². The van der Waals surface area contributed by atoms with E-state index in [9.17, 15) is 0 Å². The smallest absolute Gasteiger partial charge is 0.246 e. The Morgan fingerprint density at radius 1 is 0.739 bits per heavy atom. The van der Waals surface area contributed by atoms with Gasteiger partial charge in [0.2, 0.25) is 5.88 Å². The average Bonchev–Trinajstić information content (AvgIpc) is 2.60. The summed E-state index contributed by atoms with van der Waals surface area (Å²) in [6, 6.07) is 19.5. The van der Waals surface area contributed by atoms with E-state index in [1.807, 2.05) is 67.6 Å². The van der Waals surface area contributed by atoms with Crippen molar-refractivity contribution in [2.45, 2.75) is 6.92 Å². The van der Waals surface area contributed by atoms with Gasteiger partial charge in [-0.15, -0.1) is 5.10 Å². The Hall–Kier alpha value is -2.65. The Kier molecular flexibility index (Phi) is 3.36. The molecule has 0 unspecified atom stereocenters. The van der Waals surface area contributed by atoms with Crippen LogP contribution in [-0.4, -0.2) is 10.2 Å². The number of ether oxygens (including phenoxy) is 1. The summed E-state index contributed by atoms with van der Waals surface area (Å²) in [6.07, 6.45) is 0. The van der Waals surface area contributed by atoms with Crippen molar-refractivity contribution < 1.29 is 4.74 Å². The Morgan fingerprint density at radius 2 is 1.39 bits per heavy atom. The van der Waals surface area contributed by atoms with Crippen molar-refractivity contribution in [3.05, 3.63) is 71.4 Å². The van der Waals surface area contributed by atoms with Crippen LogP contribution in [0.5, 0.6) is 11.6 Å². The number of aryl methyl sites for hydroxylation is 1. The van der Waals surface area contributed by atoms with Crippen LogP contribution in [0.4, 0.5) is 0 Å². The lowest BCUT2D eigenvalue weighted by molar-refractivity contribution is 0.466. The number of rotatable bonds is 2. The standard InChI is InChI=1S/C19H13ClN2O/c1-12-13-6-2-5-9-16(13)19(22-21-12)23-18-11-10-17(20)14-7-3-4-8-15(14)18/h2-11H,1H3. The van der Waals surface area contributed by atoms with E-state index in [0.717, 1.165) is 27.2 Å². The van der Waals surface area contributed by atoms with E-state index in [2.05, 4.69) is 10.2 Å². The minimum Gasteiger partial charge on any atom is -0.436 e. The first kappa shape index (κ1) is 14.0. The average molecular weight is 321 g/mol. The van der Waals surface area contributed by atoms with Crippen LogP contribution >= 0.6 is 11.6 Å². The van der Waals surface area contributed by atoms with Crippen LogP contribution in [0, 0.1) is 6.92 Å². The monoisotopic (exact) mass is 320 g/mol. The summed E-state index contributed by atoms with van der Waals surface area (Å²) < 4.78 is 6.08. The second-order valence-electron chi connectivity index (χ2n) is 5.33. The lowest BCUT2D eigenvalue weighted by Crippen LogP contribution is -1.95. The van der Waals surface area contributed by atoms with Crippen LogP contribution in [0.15, 0.2) is 60.7 Å². The summed E-state index contributed by atoms with van der Waals surface area (Å²) in [5, 5.41) is 13.0. The van der Waals surface area contributed by atoms with E-state index < -0.39 is 0 Å². The molecule has 0 amide bonds. The molecule has 0 aliphatic rings. The minimum absolute atomic E-state index is 0.499. The summed E-state index contributed by atoms with van der Waals surface area (Å²) in [5.74, 6) is 1.21. The predicted octanol–water partition coefficient (Wildman–Crippen LogP) is 5.54. The number of fused-ring (bicyclic) bond motifs is 2. The van der Waals surface area contributed by atoms with Crippen molar-refractivity contribution in [1.29, 1.82) is 0 Å². The third-order valence-corrected chi connectivity index (χ3v) is 4.21. The number of aromatic nitrogens is 2. The predicted molar refractivity (Wildman–Crippen MR) is 93.3 cm³/mol. The van der Waals surface area contributed by atoms with Crippen molar-refractivity contribution in [2.24, 2.45) is 0 Å². The van der Waals surface area contributed by atoms with Gasteiger partial charge in [-0.2, -0.15) is 5.10 Å². The van der Waals surface area contributed by atoms with Crippen LogP contribution in [0.2, 0.25) is 5.02 Å². The normalized spacial score (nSPS) is 11.0. The molecule has 4 rings (SSSR count). The number of nitrogens with zero attached hydrogens (tertiary/aromatic N) is 2. The van der Waals surface area contributed by atoms with Crippen LogP contribution in [-0.2, 0) is 0 Å². The molecule has 0 fully saturated rings. The molecule has 1 aromatic heterocycles. The Labute approximate surface area is 138 Å². The number of hydrogen-bond donors (Lipinski definition) is 0. The van der Waals surface area contributed by atoms with E-state index in [1.165, 1.54) is 0 Å². The SMILES string of the molecule is Cc1nnc(Oc2ccc(Cl)c3ccccc23)c2ccccc12. The van der Waals surface area contributed by atoms with Crippen LogP contribution in [0.25, 0.3) is 21.5 Å². The molecule has 3 aromatic carbocycles. The maximum Gasteiger partial charge on any atom is 0.246 e. The van der Waals surface area contributed by atoms with Gasteiger partial charge in [0, 0.05) is 26.6 Å². The quantitative estimate of drug-likeness (QED) is 0.486. The van der Waals surface area contributed by atoms with E-state index in [0.29, 0.717) is 16.7 Å². The Balaban J connectivity index is 1.89. The molecule has 0 saturated heterocycles. The highest BCUT2D eigenvalue weighted by molar-refractivity contribution is 6.35. The molecule has 0 aliphatic heterocycles. The van der Waals surface area contributed by atoms with Crippen molar-refractivity contribution in [2.75, 3.05) is 0 Å². The molecule has 0 spiro atoms. The number of hydrogen-bond acceptors (Lipinski definition) is 3. The largest absolute Gasteiger partial charge is 0.436 e. The highest BCUT2D eigenvalue weighted by atomic mass is 35.5. The summed E-state index contributed by atoms with van der Waals surface area (Å²) in [7, 11) is 0. The molecule has 0 bridgehead atoms. The van der Waals surface area contributed by atoms with Crippen LogP contribution < -0.4 is 4.74 Å². The van der Waals surface area contributed by atoms with Gasteiger partial charge in [-0.25, -0.2) is 0 Å².